The Morgan fingerprint density at radius 3 is 2.71 bits per heavy atom. The molecule has 4 nitrogen and oxygen atoms in total. The SMILES string of the molecule is CNCC(C)C(=O)NC1CC(OC)C1. The molecule has 1 atom stereocenters. The van der Waals surface area contributed by atoms with Crippen LogP contribution >= 0.6 is 0 Å². The quantitative estimate of drug-likeness (QED) is 0.663. The van der Waals surface area contributed by atoms with Crippen molar-refractivity contribution in [1.29, 1.82) is 0 Å². The molecule has 1 unspecified atom stereocenters. The molecule has 0 aromatic carbocycles. The van der Waals surface area contributed by atoms with Crippen molar-refractivity contribution in [2.24, 2.45) is 5.92 Å². The number of carbonyl (C=O) groups excluding carboxylic acids is 1. The van der Waals surface area contributed by atoms with Crippen molar-refractivity contribution in [2.75, 3.05) is 20.7 Å². The summed E-state index contributed by atoms with van der Waals surface area (Å²) in [6, 6.07) is 0.326. The molecule has 1 aliphatic carbocycles. The van der Waals surface area contributed by atoms with E-state index < -0.39 is 0 Å². The highest BCUT2D eigenvalue weighted by Crippen LogP contribution is 2.22. The molecule has 0 aromatic heterocycles. The Kier molecular flexibility index (Phi) is 4.35. The van der Waals surface area contributed by atoms with E-state index in [1.807, 2.05) is 14.0 Å². The lowest BCUT2D eigenvalue weighted by molar-refractivity contribution is -0.126. The molecule has 0 heterocycles. The Bertz CT molecular complexity index is 191. The van der Waals surface area contributed by atoms with Crippen molar-refractivity contribution in [1.82, 2.24) is 10.6 Å². The zero-order valence-electron chi connectivity index (χ0n) is 9.17. The van der Waals surface area contributed by atoms with Gasteiger partial charge in [0.05, 0.1) is 6.10 Å². The van der Waals surface area contributed by atoms with Crippen LogP contribution in [0.3, 0.4) is 0 Å². The van der Waals surface area contributed by atoms with Gasteiger partial charge in [-0.3, -0.25) is 4.79 Å². The first-order valence-electron chi connectivity index (χ1n) is 5.15. The van der Waals surface area contributed by atoms with Crippen molar-refractivity contribution in [3.8, 4) is 0 Å². The topological polar surface area (TPSA) is 50.4 Å². The summed E-state index contributed by atoms with van der Waals surface area (Å²) < 4.78 is 5.14. The molecule has 82 valence electrons. The summed E-state index contributed by atoms with van der Waals surface area (Å²) in [5, 5.41) is 6.00. The largest absolute Gasteiger partial charge is 0.381 e. The van der Waals surface area contributed by atoms with Crippen LogP contribution < -0.4 is 10.6 Å². The normalized spacial score (nSPS) is 27.9. The number of hydrogen-bond donors (Lipinski definition) is 2. The minimum Gasteiger partial charge on any atom is -0.381 e. The van der Waals surface area contributed by atoms with E-state index in [1.165, 1.54) is 0 Å². The van der Waals surface area contributed by atoms with Crippen LogP contribution in [0.5, 0.6) is 0 Å². The smallest absolute Gasteiger partial charge is 0.224 e. The van der Waals surface area contributed by atoms with Crippen LogP contribution in [0.25, 0.3) is 0 Å². The fraction of sp³-hybridized carbons (Fsp3) is 0.900. The van der Waals surface area contributed by atoms with Crippen LogP contribution in [-0.2, 0) is 9.53 Å². The molecular formula is C10H20N2O2. The lowest BCUT2D eigenvalue weighted by atomic mass is 9.89. The van der Waals surface area contributed by atoms with Crippen LogP contribution in [-0.4, -0.2) is 38.8 Å². The average Bonchev–Trinajstić information content (AvgIpc) is 2.10. The highest BCUT2D eigenvalue weighted by Gasteiger charge is 2.30. The predicted octanol–water partition coefficient (Wildman–Crippen LogP) is 0.136. The summed E-state index contributed by atoms with van der Waals surface area (Å²) >= 11 is 0. The molecule has 0 bridgehead atoms. The summed E-state index contributed by atoms with van der Waals surface area (Å²) in [6.45, 7) is 2.66. The van der Waals surface area contributed by atoms with E-state index in [9.17, 15) is 4.79 Å². The molecule has 1 rings (SSSR count). The van der Waals surface area contributed by atoms with E-state index in [1.54, 1.807) is 7.11 Å². The van der Waals surface area contributed by atoms with Gasteiger partial charge in [0.15, 0.2) is 0 Å². The fourth-order valence-corrected chi connectivity index (χ4v) is 1.62. The second kappa shape index (κ2) is 5.32. The van der Waals surface area contributed by atoms with E-state index in [4.69, 9.17) is 4.74 Å². The number of methoxy groups -OCH3 is 1. The van der Waals surface area contributed by atoms with Crippen molar-refractivity contribution in [3.63, 3.8) is 0 Å². The first-order valence-corrected chi connectivity index (χ1v) is 5.15. The lowest BCUT2D eigenvalue weighted by Gasteiger charge is -2.35. The van der Waals surface area contributed by atoms with Crippen molar-refractivity contribution < 1.29 is 9.53 Å². The van der Waals surface area contributed by atoms with Gasteiger partial charge in [-0.25, -0.2) is 0 Å². The van der Waals surface area contributed by atoms with E-state index in [2.05, 4.69) is 10.6 Å². The first-order chi connectivity index (χ1) is 6.67. The van der Waals surface area contributed by atoms with Gasteiger partial charge in [-0.2, -0.15) is 0 Å². The number of nitrogens with one attached hydrogen (secondary N) is 2. The van der Waals surface area contributed by atoms with E-state index in [0.29, 0.717) is 12.1 Å². The molecule has 14 heavy (non-hydrogen) atoms. The highest BCUT2D eigenvalue weighted by molar-refractivity contribution is 5.78. The molecule has 0 spiro atoms. The van der Waals surface area contributed by atoms with Gasteiger partial charge >= 0.3 is 0 Å². The minimum atomic E-state index is 0.0431. The van der Waals surface area contributed by atoms with Crippen LogP contribution in [0.1, 0.15) is 19.8 Å². The van der Waals surface area contributed by atoms with Crippen molar-refractivity contribution in [3.05, 3.63) is 0 Å². The summed E-state index contributed by atoms with van der Waals surface area (Å²) in [4.78, 5) is 11.5. The van der Waals surface area contributed by atoms with Gasteiger partial charge in [0.2, 0.25) is 5.91 Å². The number of carbonyl (C=O) groups is 1. The molecule has 2 N–H and O–H groups in total. The number of hydrogen-bond acceptors (Lipinski definition) is 3. The third kappa shape index (κ3) is 2.96. The summed E-state index contributed by atoms with van der Waals surface area (Å²) in [7, 11) is 3.57. The third-order valence-corrected chi connectivity index (χ3v) is 2.73. The van der Waals surface area contributed by atoms with Gasteiger partial charge in [0, 0.05) is 25.6 Å². The van der Waals surface area contributed by atoms with Crippen molar-refractivity contribution in [2.45, 2.75) is 31.9 Å². The van der Waals surface area contributed by atoms with E-state index in [-0.39, 0.29) is 11.8 Å². The maximum absolute atomic E-state index is 11.5. The van der Waals surface area contributed by atoms with Crippen LogP contribution in [0.4, 0.5) is 0 Å². The molecule has 1 fully saturated rings. The van der Waals surface area contributed by atoms with E-state index >= 15 is 0 Å². The molecule has 1 aliphatic rings. The Labute approximate surface area is 85.4 Å². The molecule has 0 aromatic rings. The van der Waals surface area contributed by atoms with Crippen molar-refractivity contribution >= 4 is 5.91 Å². The third-order valence-electron chi connectivity index (χ3n) is 2.73. The molecule has 4 heteroatoms. The summed E-state index contributed by atoms with van der Waals surface area (Å²) in [5.74, 6) is 0.181. The van der Waals surface area contributed by atoms with Gasteiger partial charge in [-0.05, 0) is 19.9 Å². The molecule has 0 saturated heterocycles. The summed E-state index contributed by atoms with van der Waals surface area (Å²) in [5.41, 5.74) is 0. The minimum absolute atomic E-state index is 0.0431. The zero-order valence-corrected chi connectivity index (χ0v) is 9.17. The first kappa shape index (κ1) is 11.5. The zero-order chi connectivity index (χ0) is 10.6. The molecule has 0 aliphatic heterocycles. The number of ether oxygens (including phenoxy) is 1. The van der Waals surface area contributed by atoms with Crippen LogP contribution in [0.15, 0.2) is 0 Å². The monoisotopic (exact) mass is 200 g/mol. The maximum atomic E-state index is 11.5. The second-order valence-corrected chi connectivity index (χ2v) is 3.99. The number of rotatable bonds is 5. The van der Waals surface area contributed by atoms with E-state index in [0.717, 1.165) is 19.4 Å². The molecule has 1 saturated carbocycles. The Morgan fingerprint density at radius 2 is 2.21 bits per heavy atom. The Balaban J connectivity index is 2.15. The van der Waals surface area contributed by atoms with Crippen LogP contribution in [0, 0.1) is 5.92 Å². The standard InChI is InChI=1S/C10H20N2O2/c1-7(6-11-2)10(13)12-8-4-9(5-8)14-3/h7-9,11H,4-6H2,1-3H3,(H,12,13). The summed E-state index contributed by atoms with van der Waals surface area (Å²) in [6.07, 6.45) is 2.25. The van der Waals surface area contributed by atoms with Gasteiger partial charge in [-0.15, -0.1) is 0 Å². The molecule has 1 amide bonds. The average molecular weight is 200 g/mol. The predicted molar refractivity (Wildman–Crippen MR) is 55.1 cm³/mol. The molecular weight excluding hydrogens is 180 g/mol. The molecule has 0 radical (unpaired) electrons. The highest BCUT2D eigenvalue weighted by atomic mass is 16.5. The van der Waals surface area contributed by atoms with Gasteiger partial charge < -0.3 is 15.4 Å². The Hall–Kier alpha value is -0.610. The second-order valence-electron chi connectivity index (χ2n) is 3.99. The number of amides is 1. The fourth-order valence-electron chi connectivity index (χ4n) is 1.62. The van der Waals surface area contributed by atoms with Gasteiger partial charge in [0.25, 0.3) is 0 Å². The van der Waals surface area contributed by atoms with Gasteiger partial charge in [0.1, 0.15) is 0 Å². The van der Waals surface area contributed by atoms with Gasteiger partial charge in [-0.1, -0.05) is 6.92 Å². The Morgan fingerprint density at radius 1 is 1.57 bits per heavy atom. The maximum Gasteiger partial charge on any atom is 0.224 e. The van der Waals surface area contributed by atoms with Crippen LogP contribution in [0.2, 0.25) is 0 Å². The lowest BCUT2D eigenvalue weighted by Crippen LogP contribution is -2.49.